The van der Waals surface area contributed by atoms with Gasteiger partial charge in [-0.15, -0.1) is 5.10 Å². The lowest BCUT2D eigenvalue weighted by Crippen LogP contribution is -2.29. The first-order valence-electron chi connectivity index (χ1n) is 6.06. The molecule has 1 aromatic heterocycles. The fraction of sp³-hybridized carbons (Fsp3) is 0.727. The lowest BCUT2D eigenvalue weighted by Gasteiger charge is -2.15. The first-order chi connectivity index (χ1) is 8.26. The van der Waals surface area contributed by atoms with Crippen molar-refractivity contribution in [2.45, 2.75) is 26.2 Å². The molecular formula is C11H18N4OS. The van der Waals surface area contributed by atoms with Crippen molar-refractivity contribution in [3.05, 3.63) is 10.6 Å². The van der Waals surface area contributed by atoms with Crippen LogP contribution in [-0.2, 0) is 6.42 Å². The van der Waals surface area contributed by atoms with Crippen LogP contribution in [0.3, 0.4) is 0 Å². The first kappa shape index (κ1) is 12.4. The normalized spacial score (nSPS) is 19.9. The van der Waals surface area contributed by atoms with E-state index in [0.717, 1.165) is 38.0 Å². The van der Waals surface area contributed by atoms with Gasteiger partial charge in [0, 0.05) is 13.1 Å². The molecule has 2 rings (SSSR count). The standard InChI is InChI=1S/C11H18N4OS/c1-2-3-9-10(17-14-13-9)11(16)15-5-4-8(6-12)7-15/h8H,2-7,12H2,1H3. The maximum atomic E-state index is 12.3. The molecule has 2 N–H and O–H groups in total. The highest BCUT2D eigenvalue weighted by Gasteiger charge is 2.28. The lowest BCUT2D eigenvalue weighted by atomic mass is 10.1. The third-order valence-electron chi connectivity index (χ3n) is 3.14. The predicted molar refractivity (Wildman–Crippen MR) is 67.0 cm³/mol. The van der Waals surface area contributed by atoms with Gasteiger partial charge in [0.25, 0.3) is 5.91 Å². The Balaban J connectivity index is 2.06. The number of nitrogens with two attached hydrogens (primary N) is 1. The highest BCUT2D eigenvalue weighted by molar-refractivity contribution is 7.08. The minimum atomic E-state index is 0.0828. The number of aromatic nitrogens is 2. The molecule has 1 atom stereocenters. The van der Waals surface area contributed by atoms with E-state index in [0.29, 0.717) is 17.3 Å². The van der Waals surface area contributed by atoms with Crippen LogP contribution in [0.1, 0.15) is 35.1 Å². The van der Waals surface area contributed by atoms with Crippen molar-refractivity contribution in [1.29, 1.82) is 0 Å². The number of amides is 1. The van der Waals surface area contributed by atoms with Gasteiger partial charge in [-0.05, 0) is 36.8 Å². The molecule has 0 aromatic carbocycles. The molecule has 1 fully saturated rings. The van der Waals surface area contributed by atoms with E-state index in [1.165, 1.54) is 11.5 Å². The van der Waals surface area contributed by atoms with E-state index in [9.17, 15) is 4.79 Å². The maximum Gasteiger partial charge on any atom is 0.267 e. The number of likely N-dealkylation sites (tertiary alicyclic amines) is 1. The Kier molecular flexibility index (Phi) is 4.06. The van der Waals surface area contributed by atoms with Crippen LogP contribution in [-0.4, -0.2) is 40.0 Å². The molecule has 0 spiro atoms. The molecule has 2 heterocycles. The maximum absolute atomic E-state index is 12.3. The number of hydrogen-bond donors (Lipinski definition) is 1. The zero-order valence-corrected chi connectivity index (χ0v) is 10.9. The van der Waals surface area contributed by atoms with E-state index in [1.807, 2.05) is 4.90 Å². The highest BCUT2D eigenvalue weighted by atomic mass is 32.1. The Morgan fingerprint density at radius 3 is 3.12 bits per heavy atom. The zero-order valence-electron chi connectivity index (χ0n) is 10.1. The number of hydrogen-bond acceptors (Lipinski definition) is 5. The SMILES string of the molecule is CCCc1nnsc1C(=O)N1CCC(CN)C1. The number of rotatable bonds is 4. The Morgan fingerprint density at radius 2 is 2.47 bits per heavy atom. The lowest BCUT2D eigenvalue weighted by molar-refractivity contribution is 0.0791. The van der Waals surface area contributed by atoms with E-state index in [1.54, 1.807) is 0 Å². The van der Waals surface area contributed by atoms with Crippen LogP contribution in [0, 0.1) is 5.92 Å². The van der Waals surface area contributed by atoms with Crippen molar-refractivity contribution in [2.24, 2.45) is 11.7 Å². The van der Waals surface area contributed by atoms with Gasteiger partial charge in [0.1, 0.15) is 4.88 Å². The number of nitrogens with zero attached hydrogens (tertiary/aromatic N) is 3. The van der Waals surface area contributed by atoms with Crippen molar-refractivity contribution in [2.75, 3.05) is 19.6 Å². The summed E-state index contributed by atoms with van der Waals surface area (Å²) < 4.78 is 3.89. The molecule has 1 unspecified atom stereocenters. The van der Waals surface area contributed by atoms with E-state index in [2.05, 4.69) is 16.5 Å². The van der Waals surface area contributed by atoms with Crippen LogP contribution < -0.4 is 5.73 Å². The van der Waals surface area contributed by atoms with E-state index < -0.39 is 0 Å². The van der Waals surface area contributed by atoms with Gasteiger partial charge >= 0.3 is 0 Å². The Labute approximate surface area is 105 Å². The summed E-state index contributed by atoms with van der Waals surface area (Å²) in [5.74, 6) is 0.536. The molecule has 5 nitrogen and oxygen atoms in total. The van der Waals surface area contributed by atoms with Crippen LogP contribution in [0.15, 0.2) is 0 Å². The van der Waals surface area contributed by atoms with Crippen LogP contribution in [0.4, 0.5) is 0 Å². The van der Waals surface area contributed by atoms with Crippen molar-refractivity contribution < 1.29 is 4.79 Å². The topological polar surface area (TPSA) is 72.1 Å². The summed E-state index contributed by atoms with van der Waals surface area (Å²) >= 11 is 1.21. The van der Waals surface area contributed by atoms with Crippen molar-refractivity contribution >= 4 is 17.4 Å². The van der Waals surface area contributed by atoms with Gasteiger partial charge in [0.05, 0.1) is 5.69 Å². The molecule has 1 amide bonds. The van der Waals surface area contributed by atoms with Crippen molar-refractivity contribution in [3.8, 4) is 0 Å². The second-order valence-corrected chi connectivity index (χ2v) is 5.19. The number of aryl methyl sites for hydroxylation is 1. The summed E-state index contributed by atoms with van der Waals surface area (Å²) in [6.07, 6.45) is 2.82. The molecule has 0 bridgehead atoms. The molecule has 1 aliphatic heterocycles. The van der Waals surface area contributed by atoms with E-state index >= 15 is 0 Å². The second kappa shape index (κ2) is 5.55. The zero-order chi connectivity index (χ0) is 12.3. The molecule has 6 heteroatoms. The number of carbonyl (C=O) groups excluding carboxylic acids is 1. The Bertz CT molecular complexity index is 393. The Morgan fingerprint density at radius 1 is 1.65 bits per heavy atom. The average Bonchev–Trinajstić information content (AvgIpc) is 2.97. The van der Waals surface area contributed by atoms with Gasteiger partial charge in [-0.25, -0.2) is 0 Å². The highest BCUT2D eigenvalue weighted by Crippen LogP contribution is 2.21. The third kappa shape index (κ3) is 2.63. The Hall–Kier alpha value is -1.01. The minimum absolute atomic E-state index is 0.0828. The van der Waals surface area contributed by atoms with Crippen molar-refractivity contribution in [1.82, 2.24) is 14.5 Å². The summed E-state index contributed by atoms with van der Waals surface area (Å²) in [4.78, 5) is 14.9. The van der Waals surface area contributed by atoms with E-state index in [4.69, 9.17) is 5.73 Å². The smallest absolute Gasteiger partial charge is 0.267 e. The molecular weight excluding hydrogens is 236 g/mol. The molecule has 0 saturated carbocycles. The van der Waals surface area contributed by atoms with Crippen LogP contribution in [0.5, 0.6) is 0 Å². The second-order valence-electron chi connectivity index (χ2n) is 4.44. The molecule has 1 aromatic rings. The third-order valence-corrected chi connectivity index (χ3v) is 3.90. The van der Waals surface area contributed by atoms with Crippen LogP contribution in [0.25, 0.3) is 0 Å². The minimum Gasteiger partial charge on any atom is -0.338 e. The van der Waals surface area contributed by atoms with Gasteiger partial charge in [0.2, 0.25) is 0 Å². The van der Waals surface area contributed by atoms with Gasteiger partial charge in [-0.1, -0.05) is 17.8 Å². The van der Waals surface area contributed by atoms with Gasteiger partial charge in [-0.3, -0.25) is 4.79 Å². The number of carbonyl (C=O) groups is 1. The molecule has 94 valence electrons. The summed E-state index contributed by atoms with van der Waals surface area (Å²) in [6.45, 7) is 4.32. The molecule has 1 aliphatic rings. The summed E-state index contributed by atoms with van der Waals surface area (Å²) in [6, 6.07) is 0. The van der Waals surface area contributed by atoms with Gasteiger partial charge < -0.3 is 10.6 Å². The average molecular weight is 254 g/mol. The molecule has 17 heavy (non-hydrogen) atoms. The summed E-state index contributed by atoms with van der Waals surface area (Å²) in [5, 5.41) is 4.03. The first-order valence-corrected chi connectivity index (χ1v) is 6.84. The van der Waals surface area contributed by atoms with Gasteiger partial charge in [0.15, 0.2) is 0 Å². The quantitative estimate of drug-likeness (QED) is 0.867. The fourth-order valence-corrected chi connectivity index (χ4v) is 2.80. The van der Waals surface area contributed by atoms with Crippen LogP contribution >= 0.6 is 11.5 Å². The van der Waals surface area contributed by atoms with Crippen molar-refractivity contribution in [3.63, 3.8) is 0 Å². The van der Waals surface area contributed by atoms with Gasteiger partial charge in [-0.2, -0.15) is 0 Å². The monoisotopic (exact) mass is 254 g/mol. The summed E-state index contributed by atoms with van der Waals surface area (Å²) in [7, 11) is 0. The van der Waals surface area contributed by atoms with E-state index in [-0.39, 0.29) is 5.91 Å². The largest absolute Gasteiger partial charge is 0.338 e. The fourth-order valence-electron chi connectivity index (χ4n) is 2.12. The molecule has 0 radical (unpaired) electrons. The molecule has 1 saturated heterocycles. The summed E-state index contributed by atoms with van der Waals surface area (Å²) in [5.41, 5.74) is 6.48. The predicted octanol–water partition coefficient (Wildman–Crippen LogP) is 0.911. The van der Waals surface area contributed by atoms with Crippen LogP contribution in [0.2, 0.25) is 0 Å². The molecule has 0 aliphatic carbocycles.